The molecular formula is C23H24N2O4. The quantitative estimate of drug-likeness (QED) is 0.352. The molecule has 3 heterocycles. The van der Waals surface area contributed by atoms with Crippen LogP contribution in [0.2, 0.25) is 0 Å². The van der Waals surface area contributed by atoms with Crippen LogP contribution in [0.25, 0.3) is 11.5 Å². The normalized spacial score (nSPS) is 13.9. The summed E-state index contributed by atoms with van der Waals surface area (Å²) >= 11 is 0. The molecule has 4 rings (SSSR count). The molecule has 1 aromatic carbocycles. The summed E-state index contributed by atoms with van der Waals surface area (Å²) in [4.78, 5) is 20.6. The van der Waals surface area contributed by atoms with Gasteiger partial charge in [0.05, 0.1) is 6.20 Å². The van der Waals surface area contributed by atoms with Crippen LogP contribution in [-0.4, -0.2) is 22.5 Å². The van der Waals surface area contributed by atoms with Crippen molar-refractivity contribution in [1.29, 1.82) is 0 Å². The number of rotatable bonds is 10. The van der Waals surface area contributed by atoms with Crippen molar-refractivity contribution in [2.24, 2.45) is 0 Å². The smallest absolute Gasteiger partial charge is 0.263 e. The second kappa shape index (κ2) is 9.58. The number of aromatic nitrogens is 2. The second-order valence-electron chi connectivity index (χ2n) is 7.06. The molecule has 0 amide bonds. The summed E-state index contributed by atoms with van der Waals surface area (Å²) in [5, 5.41) is 0. The SMILES string of the molecule is O=C(CCCCCCc1ccccc1C1OCO1)c1ncc(-c2ccccn2)o1. The van der Waals surface area contributed by atoms with Gasteiger partial charge in [-0.25, -0.2) is 4.98 Å². The Morgan fingerprint density at radius 1 is 0.966 bits per heavy atom. The summed E-state index contributed by atoms with van der Waals surface area (Å²) in [6.07, 6.45) is 8.43. The molecule has 150 valence electrons. The van der Waals surface area contributed by atoms with Crippen LogP contribution in [0.15, 0.2) is 59.3 Å². The van der Waals surface area contributed by atoms with E-state index in [9.17, 15) is 4.79 Å². The van der Waals surface area contributed by atoms with Gasteiger partial charge in [-0.15, -0.1) is 0 Å². The van der Waals surface area contributed by atoms with Crippen molar-refractivity contribution >= 4 is 5.78 Å². The molecule has 0 saturated carbocycles. The van der Waals surface area contributed by atoms with Gasteiger partial charge in [-0.1, -0.05) is 43.2 Å². The van der Waals surface area contributed by atoms with Crippen LogP contribution < -0.4 is 0 Å². The van der Waals surface area contributed by atoms with Gasteiger partial charge in [0.15, 0.2) is 18.8 Å². The zero-order valence-electron chi connectivity index (χ0n) is 16.3. The number of carbonyl (C=O) groups is 1. The van der Waals surface area contributed by atoms with E-state index >= 15 is 0 Å². The third-order valence-electron chi connectivity index (χ3n) is 5.01. The number of aryl methyl sites for hydroxylation is 1. The molecule has 0 unspecified atom stereocenters. The topological polar surface area (TPSA) is 74.5 Å². The van der Waals surface area contributed by atoms with Crippen molar-refractivity contribution in [3.05, 3.63) is 71.9 Å². The first-order valence-electron chi connectivity index (χ1n) is 10.0. The summed E-state index contributed by atoms with van der Waals surface area (Å²) in [5.74, 6) is 0.629. The van der Waals surface area contributed by atoms with E-state index in [0.29, 0.717) is 24.7 Å². The summed E-state index contributed by atoms with van der Waals surface area (Å²) in [5.41, 5.74) is 3.08. The molecule has 1 aliphatic rings. The highest BCUT2D eigenvalue weighted by Gasteiger charge is 2.23. The fraction of sp³-hybridized carbons (Fsp3) is 0.348. The largest absolute Gasteiger partial charge is 0.432 e. The van der Waals surface area contributed by atoms with Crippen molar-refractivity contribution in [3.8, 4) is 11.5 Å². The third kappa shape index (κ3) is 4.96. The van der Waals surface area contributed by atoms with E-state index in [1.54, 1.807) is 12.4 Å². The Labute approximate surface area is 169 Å². The summed E-state index contributed by atoms with van der Waals surface area (Å²) in [6, 6.07) is 13.8. The second-order valence-corrected chi connectivity index (χ2v) is 7.06. The lowest BCUT2D eigenvalue weighted by atomic mass is 9.99. The lowest BCUT2D eigenvalue weighted by molar-refractivity contribution is -0.327. The Balaban J connectivity index is 1.18. The van der Waals surface area contributed by atoms with Crippen LogP contribution in [0.3, 0.4) is 0 Å². The number of pyridine rings is 1. The summed E-state index contributed by atoms with van der Waals surface area (Å²) in [6.45, 7) is 0.376. The van der Waals surface area contributed by atoms with Crippen molar-refractivity contribution in [2.75, 3.05) is 6.79 Å². The first kappa shape index (κ1) is 19.5. The van der Waals surface area contributed by atoms with Gasteiger partial charge in [-0.2, -0.15) is 0 Å². The van der Waals surface area contributed by atoms with Crippen LogP contribution in [0, 0.1) is 0 Å². The maximum atomic E-state index is 12.3. The average Bonchev–Trinajstić information content (AvgIpc) is 3.21. The van der Waals surface area contributed by atoms with Crippen LogP contribution in [0.4, 0.5) is 0 Å². The zero-order valence-corrected chi connectivity index (χ0v) is 16.3. The number of benzene rings is 1. The van der Waals surface area contributed by atoms with Gasteiger partial charge in [0.1, 0.15) is 5.69 Å². The molecule has 6 heteroatoms. The van der Waals surface area contributed by atoms with Gasteiger partial charge in [0, 0.05) is 18.2 Å². The van der Waals surface area contributed by atoms with E-state index in [-0.39, 0.29) is 18.0 Å². The molecule has 3 aromatic rings. The van der Waals surface area contributed by atoms with E-state index in [1.165, 1.54) is 5.56 Å². The maximum Gasteiger partial charge on any atom is 0.263 e. The van der Waals surface area contributed by atoms with Gasteiger partial charge >= 0.3 is 0 Å². The third-order valence-corrected chi connectivity index (χ3v) is 5.01. The highest BCUT2D eigenvalue weighted by molar-refractivity contribution is 5.91. The van der Waals surface area contributed by atoms with Gasteiger partial charge in [0.25, 0.3) is 5.89 Å². The fourth-order valence-electron chi connectivity index (χ4n) is 3.40. The summed E-state index contributed by atoms with van der Waals surface area (Å²) < 4.78 is 16.4. The Hall–Kier alpha value is -2.83. The van der Waals surface area contributed by atoms with Gasteiger partial charge < -0.3 is 13.9 Å². The Morgan fingerprint density at radius 2 is 1.79 bits per heavy atom. The number of unbranched alkanes of at least 4 members (excludes halogenated alkanes) is 3. The molecule has 6 nitrogen and oxygen atoms in total. The average molecular weight is 392 g/mol. The number of Topliss-reactive ketones (excluding diaryl/α,β-unsaturated/α-hetero) is 1. The highest BCUT2D eigenvalue weighted by Crippen LogP contribution is 2.29. The fourth-order valence-corrected chi connectivity index (χ4v) is 3.40. The number of carbonyl (C=O) groups excluding carboxylic acids is 1. The molecule has 1 fully saturated rings. The van der Waals surface area contributed by atoms with Crippen LogP contribution >= 0.6 is 0 Å². The predicted octanol–water partition coefficient (Wildman–Crippen LogP) is 5.12. The van der Waals surface area contributed by atoms with E-state index in [2.05, 4.69) is 22.1 Å². The molecule has 0 atom stereocenters. The van der Waals surface area contributed by atoms with Gasteiger partial charge in [-0.3, -0.25) is 9.78 Å². The van der Waals surface area contributed by atoms with E-state index in [0.717, 1.165) is 37.7 Å². The number of hydrogen-bond donors (Lipinski definition) is 0. The van der Waals surface area contributed by atoms with Gasteiger partial charge in [-0.05, 0) is 37.0 Å². The lowest BCUT2D eigenvalue weighted by Gasteiger charge is -2.28. The minimum atomic E-state index is -0.208. The lowest BCUT2D eigenvalue weighted by Crippen LogP contribution is -2.23. The standard InChI is InChI=1S/C23H24N2O4/c26-20(22-25-15-21(29-22)19-12-7-8-14-24-19)13-4-2-1-3-9-17-10-5-6-11-18(17)23-27-16-28-23/h5-8,10-12,14-15,23H,1-4,9,13,16H2. The predicted molar refractivity (Wildman–Crippen MR) is 107 cm³/mol. The molecule has 0 spiro atoms. The van der Waals surface area contributed by atoms with E-state index < -0.39 is 0 Å². The minimum absolute atomic E-state index is 0.0585. The molecular weight excluding hydrogens is 368 g/mol. The molecule has 29 heavy (non-hydrogen) atoms. The first-order valence-corrected chi connectivity index (χ1v) is 10.0. The molecule has 2 aromatic heterocycles. The molecule has 0 radical (unpaired) electrons. The number of ether oxygens (including phenoxy) is 2. The van der Waals surface area contributed by atoms with E-state index in [4.69, 9.17) is 13.9 Å². The Bertz CT molecular complexity index is 935. The minimum Gasteiger partial charge on any atom is -0.432 e. The Morgan fingerprint density at radius 3 is 2.59 bits per heavy atom. The zero-order chi connectivity index (χ0) is 19.9. The number of nitrogens with zero attached hydrogens (tertiary/aromatic N) is 2. The van der Waals surface area contributed by atoms with Crippen molar-refractivity contribution in [3.63, 3.8) is 0 Å². The van der Waals surface area contributed by atoms with Crippen molar-refractivity contribution in [1.82, 2.24) is 9.97 Å². The number of ketones is 1. The van der Waals surface area contributed by atoms with E-state index in [1.807, 2.05) is 30.3 Å². The number of hydrogen-bond acceptors (Lipinski definition) is 6. The van der Waals surface area contributed by atoms with Crippen molar-refractivity contribution in [2.45, 2.75) is 44.8 Å². The first-order chi connectivity index (χ1) is 14.3. The maximum absolute atomic E-state index is 12.3. The molecule has 0 bridgehead atoms. The van der Waals surface area contributed by atoms with Crippen LogP contribution in [0.5, 0.6) is 0 Å². The Kier molecular flexibility index (Phi) is 6.44. The monoisotopic (exact) mass is 392 g/mol. The molecule has 1 aliphatic heterocycles. The molecule has 0 aliphatic carbocycles. The van der Waals surface area contributed by atoms with Crippen LogP contribution in [0.1, 0.15) is 60.2 Å². The van der Waals surface area contributed by atoms with Gasteiger partial charge in [0.2, 0.25) is 5.78 Å². The highest BCUT2D eigenvalue weighted by atomic mass is 16.8. The number of oxazole rings is 1. The van der Waals surface area contributed by atoms with Crippen LogP contribution in [-0.2, 0) is 15.9 Å². The van der Waals surface area contributed by atoms with Crippen molar-refractivity contribution < 1.29 is 18.7 Å². The molecule has 1 saturated heterocycles. The molecule has 0 N–H and O–H groups in total. The summed E-state index contributed by atoms with van der Waals surface area (Å²) in [7, 11) is 0.